The summed E-state index contributed by atoms with van der Waals surface area (Å²) in [6.07, 6.45) is 5.76. The van der Waals surface area contributed by atoms with Gasteiger partial charge in [0.2, 0.25) is 5.88 Å². The molecule has 4 rings (SSSR count). The van der Waals surface area contributed by atoms with E-state index in [1.165, 1.54) is 6.33 Å². The van der Waals surface area contributed by atoms with E-state index in [4.69, 9.17) is 4.74 Å². The van der Waals surface area contributed by atoms with Crippen LogP contribution in [-0.4, -0.2) is 27.9 Å². The number of nitrogens with one attached hydrogen (secondary N) is 1. The first-order chi connectivity index (χ1) is 14.9. The van der Waals surface area contributed by atoms with Crippen LogP contribution in [0.2, 0.25) is 0 Å². The van der Waals surface area contributed by atoms with Gasteiger partial charge in [0.25, 0.3) is 10.0 Å². The molecule has 9 heteroatoms. The highest BCUT2D eigenvalue weighted by Crippen LogP contribution is 2.24. The molecule has 0 amide bonds. The fourth-order valence-corrected chi connectivity index (χ4v) is 4.03. The molecular formula is C22H21N5O3S. The Kier molecular flexibility index (Phi) is 5.68. The predicted molar refractivity (Wildman–Crippen MR) is 117 cm³/mol. The van der Waals surface area contributed by atoms with Crippen LogP contribution in [0, 0.1) is 6.92 Å². The summed E-state index contributed by atoms with van der Waals surface area (Å²) in [7, 11) is -3.66. The molecule has 0 saturated carbocycles. The van der Waals surface area contributed by atoms with Gasteiger partial charge in [-0.25, -0.2) is 23.4 Å². The molecule has 2 aromatic heterocycles. The van der Waals surface area contributed by atoms with E-state index in [0.29, 0.717) is 23.1 Å². The predicted octanol–water partition coefficient (Wildman–Crippen LogP) is 4.13. The molecular weight excluding hydrogens is 414 g/mol. The summed E-state index contributed by atoms with van der Waals surface area (Å²) < 4.78 is 35.4. The number of aromatic nitrogens is 4. The van der Waals surface area contributed by atoms with Gasteiger partial charge in [0.15, 0.2) is 0 Å². The van der Waals surface area contributed by atoms with Crippen molar-refractivity contribution in [3.8, 4) is 17.4 Å². The minimum absolute atomic E-state index is 0.216. The van der Waals surface area contributed by atoms with E-state index < -0.39 is 10.0 Å². The highest BCUT2D eigenvalue weighted by atomic mass is 32.2. The van der Waals surface area contributed by atoms with Crippen LogP contribution >= 0.6 is 0 Å². The van der Waals surface area contributed by atoms with Crippen LogP contribution in [0.1, 0.15) is 18.3 Å². The average Bonchev–Trinajstić information content (AvgIpc) is 3.21. The van der Waals surface area contributed by atoms with Gasteiger partial charge in [-0.15, -0.1) is 0 Å². The van der Waals surface area contributed by atoms with Crippen molar-refractivity contribution < 1.29 is 13.2 Å². The first-order valence-corrected chi connectivity index (χ1v) is 11.1. The zero-order valence-corrected chi connectivity index (χ0v) is 17.9. The van der Waals surface area contributed by atoms with Crippen LogP contribution in [0.5, 0.6) is 11.6 Å². The van der Waals surface area contributed by atoms with Gasteiger partial charge >= 0.3 is 0 Å². The van der Waals surface area contributed by atoms with E-state index in [9.17, 15) is 8.42 Å². The zero-order chi connectivity index (χ0) is 21.8. The number of sulfonamides is 1. The van der Waals surface area contributed by atoms with E-state index in [1.807, 2.05) is 30.5 Å². The fourth-order valence-electron chi connectivity index (χ4n) is 2.97. The van der Waals surface area contributed by atoms with Gasteiger partial charge in [0, 0.05) is 24.1 Å². The maximum absolute atomic E-state index is 12.6. The van der Waals surface area contributed by atoms with Gasteiger partial charge in [0.1, 0.15) is 23.7 Å². The van der Waals surface area contributed by atoms with E-state index in [0.717, 1.165) is 17.8 Å². The fraction of sp³-hybridized carbons (Fsp3) is 0.136. The van der Waals surface area contributed by atoms with Crippen molar-refractivity contribution in [1.82, 2.24) is 19.5 Å². The van der Waals surface area contributed by atoms with Crippen molar-refractivity contribution in [2.24, 2.45) is 0 Å². The standard InChI is InChI=1S/C22H21N5O3S/c1-3-17-4-10-20(11-5-17)31(28,29)26-18-6-8-19(9-7-18)30-22-14-21(24-15-25-22)27-13-12-23-16(27)2/h4-15,26H,3H2,1-2H3. The molecule has 0 radical (unpaired) electrons. The lowest BCUT2D eigenvalue weighted by molar-refractivity contribution is 0.461. The minimum Gasteiger partial charge on any atom is -0.439 e. The largest absolute Gasteiger partial charge is 0.439 e. The van der Waals surface area contributed by atoms with Crippen LogP contribution in [0.4, 0.5) is 5.69 Å². The Bertz CT molecular complexity index is 1280. The van der Waals surface area contributed by atoms with Crippen molar-refractivity contribution in [3.63, 3.8) is 0 Å². The molecule has 0 fully saturated rings. The smallest absolute Gasteiger partial charge is 0.261 e. The van der Waals surface area contributed by atoms with E-state index in [-0.39, 0.29) is 4.90 Å². The van der Waals surface area contributed by atoms with E-state index >= 15 is 0 Å². The summed E-state index contributed by atoms with van der Waals surface area (Å²) in [4.78, 5) is 12.8. The molecule has 0 bridgehead atoms. The molecule has 0 saturated heterocycles. The molecule has 0 unspecified atom stereocenters. The first-order valence-electron chi connectivity index (χ1n) is 9.66. The highest BCUT2D eigenvalue weighted by molar-refractivity contribution is 7.92. The van der Waals surface area contributed by atoms with Crippen LogP contribution in [0.25, 0.3) is 5.82 Å². The summed E-state index contributed by atoms with van der Waals surface area (Å²) >= 11 is 0. The second kappa shape index (κ2) is 8.57. The molecule has 0 aliphatic carbocycles. The maximum atomic E-state index is 12.6. The molecule has 1 N–H and O–H groups in total. The molecule has 31 heavy (non-hydrogen) atoms. The number of nitrogens with zero attached hydrogens (tertiary/aromatic N) is 4. The molecule has 8 nitrogen and oxygen atoms in total. The number of anilines is 1. The van der Waals surface area contributed by atoms with Crippen LogP contribution in [-0.2, 0) is 16.4 Å². The minimum atomic E-state index is -3.66. The van der Waals surface area contributed by atoms with Gasteiger partial charge in [-0.1, -0.05) is 19.1 Å². The number of hydrogen-bond acceptors (Lipinski definition) is 6. The Balaban J connectivity index is 1.47. The second-order valence-corrected chi connectivity index (χ2v) is 8.47. The average molecular weight is 436 g/mol. The maximum Gasteiger partial charge on any atom is 0.261 e. The Hall–Kier alpha value is -3.72. The van der Waals surface area contributed by atoms with Gasteiger partial charge in [-0.3, -0.25) is 9.29 Å². The molecule has 0 aliphatic rings. The molecule has 0 atom stereocenters. The number of hydrogen-bond donors (Lipinski definition) is 1. The summed E-state index contributed by atoms with van der Waals surface area (Å²) in [6.45, 7) is 3.90. The van der Waals surface area contributed by atoms with Gasteiger partial charge in [-0.05, 0) is 55.3 Å². The Morgan fingerprint density at radius 3 is 2.39 bits per heavy atom. The van der Waals surface area contributed by atoms with Crippen molar-refractivity contribution in [2.45, 2.75) is 25.2 Å². The van der Waals surface area contributed by atoms with E-state index in [2.05, 4.69) is 19.7 Å². The number of aryl methyl sites for hydroxylation is 2. The number of imidazole rings is 1. The summed E-state index contributed by atoms with van der Waals surface area (Å²) in [6, 6.07) is 15.1. The summed E-state index contributed by atoms with van der Waals surface area (Å²) in [5, 5.41) is 0. The lowest BCUT2D eigenvalue weighted by Crippen LogP contribution is -2.12. The lowest BCUT2D eigenvalue weighted by atomic mass is 10.2. The Morgan fingerprint density at radius 1 is 1.00 bits per heavy atom. The molecule has 2 aromatic carbocycles. The van der Waals surface area contributed by atoms with Crippen molar-refractivity contribution in [3.05, 3.63) is 84.7 Å². The SMILES string of the molecule is CCc1ccc(S(=O)(=O)Nc2ccc(Oc3cc(-n4ccnc4C)ncn3)cc2)cc1. The van der Waals surface area contributed by atoms with Crippen LogP contribution in [0.15, 0.2) is 78.2 Å². The molecule has 2 heterocycles. The molecule has 4 aromatic rings. The van der Waals surface area contributed by atoms with E-state index in [1.54, 1.807) is 54.9 Å². The van der Waals surface area contributed by atoms with Crippen molar-refractivity contribution in [1.29, 1.82) is 0 Å². The Morgan fingerprint density at radius 2 is 1.74 bits per heavy atom. The highest BCUT2D eigenvalue weighted by Gasteiger charge is 2.14. The molecule has 0 spiro atoms. The monoisotopic (exact) mass is 435 g/mol. The summed E-state index contributed by atoms with van der Waals surface area (Å²) in [5.74, 6) is 2.31. The van der Waals surface area contributed by atoms with Crippen LogP contribution < -0.4 is 9.46 Å². The molecule has 0 aliphatic heterocycles. The topological polar surface area (TPSA) is 99.0 Å². The third-order valence-corrected chi connectivity index (χ3v) is 6.07. The third kappa shape index (κ3) is 4.72. The number of rotatable bonds is 7. The number of benzene rings is 2. The van der Waals surface area contributed by atoms with Gasteiger partial charge < -0.3 is 4.74 Å². The Labute approximate surface area is 180 Å². The van der Waals surface area contributed by atoms with Crippen molar-refractivity contribution in [2.75, 3.05) is 4.72 Å². The summed E-state index contributed by atoms with van der Waals surface area (Å²) in [5.41, 5.74) is 1.51. The second-order valence-electron chi connectivity index (χ2n) is 6.79. The normalized spacial score (nSPS) is 11.3. The van der Waals surface area contributed by atoms with Crippen LogP contribution in [0.3, 0.4) is 0 Å². The lowest BCUT2D eigenvalue weighted by Gasteiger charge is -2.10. The van der Waals surface area contributed by atoms with Gasteiger partial charge in [0.05, 0.1) is 4.90 Å². The number of ether oxygens (including phenoxy) is 1. The van der Waals surface area contributed by atoms with Gasteiger partial charge in [-0.2, -0.15) is 0 Å². The quantitative estimate of drug-likeness (QED) is 0.469. The zero-order valence-electron chi connectivity index (χ0n) is 17.1. The molecule has 158 valence electrons. The first kappa shape index (κ1) is 20.5. The van der Waals surface area contributed by atoms with Crippen molar-refractivity contribution >= 4 is 15.7 Å². The third-order valence-electron chi connectivity index (χ3n) is 4.67.